The van der Waals surface area contributed by atoms with Crippen LogP contribution in [0, 0.1) is 0 Å². The lowest BCUT2D eigenvalue weighted by Gasteiger charge is -2.22. The molecule has 0 atom stereocenters. The van der Waals surface area contributed by atoms with Crippen LogP contribution in [0.3, 0.4) is 0 Å². The van der Waals surface area contributed by atoms with Crippen LogP contribution >= 0.6 is 24.0 Å². The van der Waals surface area contributed by atoms with Crippen molar-refractivity contribution in [2.45, 2.75) is 26.3 Å². The minimum absolute atomic E-state index is 0. The molecular formula is C14H28IN5O. The fourth-order valence-electron chi connectivity index (χ4n) is 1.82. The molecule has 0 bridgehead atoms. The summed E-state index contributed by atoms with van der Waals surface area (Å²) in [5.74, 6) is 0.916. The number of nitrogens with zero attached hydrogens (tertiary/aromatic N) is 4. The van der Waals surface area contributed by atoms with Gasteiger partial charge in [-0.2, -0.15) is 5.10 Å². The van der Waals surface area contributed by atoms with E-state index in [1.54, 1.807) is 7.11 Å². The third kappa shape index (κ3) is 8.25. The Labute approximate surface area is 145 Å². The zero-order valence-corrected chi connectivity index (χ0v) is 15.8. The third-order valence-corrected chi connectivity index (χ3v) is 2.90. The molecule has 1 rings (SSSR count). The average Bonchev–Trinajstić information content (AvgIpc) is 2.82. The Morgan fingerprint density at radius 3 is 2.86 bits per heavy atom. The largest absolute Gasteiger partial charge is 0.383 e. The average molecular weight is 409 g/mol. The number of aryl methyl sites for hydroxylation is 1. The molecule has 1 aromatic rings. The van der Waals surface area contributed by atoms with Crippen LogP contribution in [0.25, 0.3) is 0 Å². The van der Waals surface area contributed by atoms with Crippen LogP contribution in [0.5, 0.6) is 0 Å². The maximum absolute atomic E-state index is 5.07. The second-order valence-corrected chi connectivity index (χ2v) is 4.86. The molecule has 0 amide bonds. The van der Waals surface area contributed by atoms with E-state index in [2.05, 4.69) is 27.2 Å². The molecule has 0 fully saturated rings. The van der Waals surface area contributed by atoms with Crippen molar-refractivity contribution in [3.63, 3.8) is 0 Å². The fourth-order valence-corrected chi connectivity index (χ4v) is 1.82. The number of aromatic nitrogens is 2. The van der Waals surface area contributed by atoms with E-state index in [0.717, 1.165) is 38.4 Å². The number of nitrogens with one attached hydrogen (secondary N) is 1. The van der Waals surface area contributed by atoms with Crippen LogP contribution in [-0.2, 0) is 18.3 Å². The highest BCUT2D eigenvalue weighted by Gasteiger charge is 2.07. The number of hydrogen-bond donors (Lipinski definition) is 1. The van der Waals surface area contributed by atoms with Crippen molar-refractivity contribution in [1.82, 2.24) is 20.0 Å². The summed E-state index contributed by atoms with van der Waals surface area (Å²) in [6.45, 7) is 5.25. The summed E-state index contributed by atoms with van der Waals surface area (Å²) in [5, 5.41) is 7.52. The predicted octanol–water partition coefficient (Wildman–Crippen LogP) is 1.86. The van der Waals surface area contributed by atoms with Crippen molar-refractivity contribution in [2.75, 3.05) is 33.9 Å². The van der Waals surface area contributed by atoms with Gasteiger partial charge >= 0.3 is 0 Å². The first kappa shape index (κ1) is 20.2. The second-order valence-electron chi connectivity index (χ2n) is 4.86. The van der Waals surface area contributed by atoms with E-state index in [1.165, 1.54) is 5.56 Å². The molecule has 0 spiro atoms. The van der Waals surface area contributed by atoms with Gasteiger partial charge in [-0.1, -0.05) is 13.3 Å². The van der Waals surface area contributed by atoms with E-state index in [4.69, 9.17) is 4.74 Å². The highest BCUT2D eigenvalue weighted by molar-refractivity contribution is 14.0. The van der Waals surface area contributed by atoms with Gasteiger partial charge in [0.05, 0.1) is 12.8 Å². The van der Waals surface area contributed by atoms with Gasteiger partial charge in [0.25, 0.3) is 0 Å². The number of halogens is 1. The first-order valence-corrected chi connectivity index (χ1v) is 7.13. The summed E-state index contributed by atoms with van der Waals surface area (Å²) in [6, 6.07) is 0. The monoisotopic (exact) mass is 409 g/mol. The van der Waals surface area contributed by atoms with Crippen LogP contribution in [0.4, 0.5) is 0 Å². The first-order chi connectivity index (χ1) is 9.67. The van der Waals surface area contributed by atoms with Crippen LogP contribution in [0.1, 0.15) is 25.3 Å². The second kappa shape index (κ2) is 11.8. The molecular weight excluding hydrogens is 381 g/mol. The number of guanidine groups is 1. The molecule has 0 aliphatic rings. The number of rotatable bonds is 8. The molecule has 122 valence electrons. The first-order valence-electron chi connectivity index (χ1n) is 7.13. The van der Waals surface area contributed by atoms with E-state index in [9.17, 15) is 0 Å². The standard InChI is InChI=1S/C14H27N5O.HI/c1-5-6-7-15-14(16-8-9-20-4)18(2)11-13-10-17-19(3)12-13;/h10,12H,5-9,11H2,1-4H3,(H,15,16);1H. The number of unbranched alkanes of at least 4 members (excludes halogenated alkanes) is 1. The van der Waals surface area contributed by atoms with Crippen molar-refractivity contribution >= 4 is 29.9 Å². The Morgan fingerprint density at radius 2 is 2.29 bits per heavy atom. The summed E-state index contributed by atoms with van der Waals surface area (Å²) >= 11 is 0. The summed E-state index contributed by atoms with van der Waals surface area (Å²) in [6.07, 6.45) is 6.17. The van der Waals surface area contributed by atoms with Gasteiger partial charge in [-0.3, -0.25) is 9.67 Å². The number of hydrogen-bond acceptors (Lipinski definition) is 3. The molecule has 1 N–H and O–H groups in total. The van der Waals surface area contributed by atoms with Gasteiger partial charge in [-0.15, -0.1) is 24.0 Å². The molecule has 21 heavy (non-hydrogen) atoms. The van der Waals surface area contributed by atoms with Crippen LogP contribution in [-0.4, -0.2) is 54.5 Å². The Bertz CT molecular complexity index is 408. The maximum atomic E-state index is 5.07. The molecule has 0 aromatic carbocycles. The van der Waals surface area contributed by atoms with E-state index >= 15 is 0 Å². The lowest BCUT2D eigenvalue weighted by atomic mass is 10.3. The van der Waals surface area contributed by atoms with E-state index in [0.29, 0.717) is 6.61 Å². The number of aliphatic imine (C=N–C) groups is 1. The van der Waals surface area contributed by atoms with Gasteiger partial charge in [0, 0.05) is 52.6 Å². The third-order valence-electron chi connectivity index (χ3n) is 2.90. The Morgan fingerprint density at radius 1 is 1.52 bits per heavy atom. The van der Waals surface area contributed by atoms with Crippen molar-refractivity contribution in [3.8, 4) is 0 Å². The molecule has 6 nitrogen and oxygen atoms in total. The van der Waals surface area contributed by atoms with Gasteiger partial charge in [-0.05, 0) is 6.42 Å². The Hall–Kier alpha value is -0.830. The molecule has 0 unspecified atom stereocenters. The summed E-state index contributed by atoms with van der Waals surface area (Å²) in [7, 11) is 5.67. The molecule has 0 radical (unpaired) electrons. The highest BCUT2D eigenvalue weighted by Crippen LogP contribution is 2.02. The fraction of sp³-hybridized carbons (Fsp3) is 0.714. The van der Waals surface area contributed by atoms with Crippen molar-refractivity contribution < 1.29 is 4.74 Å². The van der Waals surface area contributed by atoms with Gasteiger partial charge in [0.2, 0.25) is 0 Å². The molecule has 7 heteroatoms. The Kier molecular flexibility index (Phi) is 11.3. The molecule has 0 aliphatic heterocycles. The molecule has 0 saturated heterocycles. The zero-order chi connectivity index (χ0) is 14.8. The van der Waals surface area contributed by atoms with Crippen molar-refractivity contribution in [1.29, 1.82) is 0 Å². The van der Waals surface area contributed by atoms with Gasteiger partial charge < -0.3 is 15.0 Å². The summed E-state index contributed by atoms with van der Waals surface area (Å²) in [5.41, 5.74) is 1.17. The van der Waals surface area contributed by atoms with E-state index < -0.39 is 0 Å². The maximum Gasteiger partial charge on any atom is 0.194 e. The van der Waals surface area contributed by atoms with Crippen molar-refractivity contribution in [2.24, 2.45) is 12.0 Å². The molecule has 0 saturated carbocycles. The quantitative estimate of drug-likeness (QED) is 0.308. The van der Waals surface area contributed by atoms with E-state index in [-0.39, 0.29) is 24.0 Å². The topological polar surface area (TPSA) is 54.7 Å². The molecule has 1 aromatic heterocycles. The lowest BCUT2D eigenvalue weighted by molar-refractivity contribution is 0.203. The predicted molar refractivity (Wildman–Crippen MR) is 97.2 cm³/mol. The number of ether oxygens (including phenoxy) is 1. The minimum atomic E-state index is 0. The molecule has 1 heterocycles. The van der Waals surface area contributed by atoms with Crippen molar-refractivity contribution in [3.05, 3.63) is 18.0 Å². The smallest absolute Gasteiger partial charge is 0.194 e. The van der Waals surface area contributed by atoms with E-state index in [1.807, 2.05) is 31.2 Å². The zero-order valence-electron chi connectivity index (χ0n) is 13.5. The SMILES string of the molecule is CCCCN=C(NCCOC)N(C)Cc1cnn(C)c1.I. The number of methoxy groups -OCH3 is 1. The normalized spacial score (nSPS) is 11.1. The Balaban J connectivity index is 0.00000400. The van der Waals surface area contributed by atoms with Crippen LogP contribution < -0.4 is 5.32 Å². The summed E-state index contributed by atoms with van der Waals surface area (Å²) < 4.78 is 6.88. The summed E-state index contributed by atoms with van der Waals surface area (Å²) in [4.78, 5) is 6.75. The van der Waals surface area contributed by atoms with Gasteiger partial charge in [-0.25, -0.2) is 0 Å². The van der Waals surface area contributed by atoms with Crippen LogP contribution in [0.2, 0.25) is 0 Å². The lowest BCUT2D eigenvalue weighted by Crippen LogP contribution is -2.40. The van der Waals surface area contributed by atoms with Gasteiger partial charge in [0.15, 0.2) is 5.96 Å². The van der Waals surface area contributed by atoms with Crippen LogP contribution in [0.15, 0.2) is 17.4 Å². The highest BCUT2D eigenvalue weighted by atomic mass is 127. The molecule has 0 aliphatic carbocycles. The minimum Gasteiger partial charge on any atom is -0.383 e. The van der Waals surface area contributed by atoms with Gasteiger partial charge in [0.1, 0.15) is 0 Å².